The lowest BCUT2D eigenvalue weighted by Crippen LogP contribution is -2.21. The number of hydrogen-bond acceptors (Lipinski definition) is 8. The van der Waals surface area contributed by atoms with Crippen molar-refractivity contribution in [3.05, 3.63) is 54.4 Å². The number of carbonyl (C=O) groups excluding carboxylic acids is 2. The maximum Gasteiger partial charge on any atom is 0.306 e. The first-order valence-corrected chi connectivity index (χ1v) is 9.90. The van der Waals surface area contributed by atoms with Crippen LogP contribution in [0.3, 0.4) is 0 Å². The van der Waals surface area contributed by atoms with Crippen LogP contribution in [0.1, 0.15) is 18.7 Å². The van der Waals surface area contributed by atoms with Gasteiger partial charge in [0.2, 0.25) is 11.7 Å². The average molecular weight is 423 g/mol. The number of esters is 1. The van der Waals surface area contributed by atoms with Crippen LogP contribution in [0.2, 0.25) is 0 Å². The molecule has 31 heavy (non-hydrogen) atoms. The second-order valence-electron chi connectivity index (χ2n) is 6.80. The Morgan fingerprint density at radius 1 is 1.03 bits per heavy atom. The van der Waals surface area contributed by atoms with Gasteiger partial charge in [-0.1, -0.05) is 35.5 Å². The molecule has 1 aromatic heterocycles. The second-order valence-corrected chi connectivity index (χ2v) is 6.80. The van der Waals surface area contributed by atoms with E-state index in [4.69, 9.17) is 18.7 Å². The number of aromatic nitrogens is 2. The predicted octanol–water partition coefficient (Wildman–Crippen LogP) is 3.01. The molecule has 0 aliphatic carbocycles. The molecule has 9 nitrogen and oxygen atoms in total. The van der Waals surface area contributed by atoms with E-state index in [-0.39, 0.29) is 12.8 Å². The highest BCUT2D eigenvalue weighted by Crippen LogP contribution is 2.32. The van der Waals surface area contributed by atoms with Gasteiger partial charge in [0.15, 0.2) is 18.1 Å². The molecule has 0 unspecified atom stereocenters. The topological polar surface area (TPSA) is 113 Å². The summed E-state index contributed by atoms with van der Waals surface area (Å²) in [7, 11) is 0. The number of amides is 1. The predicted molar refractivity (Wildman–Crippen MR) is 110 cm³/mol. The van der Waals surface area contributed by atoms with Crippen LogP contribution in [0.15, 0.2) is 53.1 Å². The molecule has 0 fully saturated rings. The molecule has 1 aliphatic heterocycles. The smallest absolute Gasteiger partial charge is 0.306 e. The number of fused-ring (bicyclic) bond motifs is 1. The lowest BCUT2D eigenvalue weighted by atomic mass is 10.2. The molecule has 3 aromatic rings. The van der Waals surface area contributed by atoms with Gasteiger partial charge in [0, 0.05) is 30.2 Å². The van der Waals surface area contributed by atoms with Crippen molar-refractivity contribution in [1.82, 2.24) is 10.1 Å². The summed E-state index contributed by atoms with van der Waals surface area (Å²) < 4.78 is 21.3. The number of rotatable bonds is 7. The first-order valence-electron chi connectivity index (χ1n) is 9.90. The van der Waals surface area contributed by atoms with Gasteiger partial charge in [0.25, 0.3) is 5.91 Å². The lowest BCUT2D eigenvalue weighted by Gasteiger charge is -2.10. The Balaban J connectivity index is 1.21. The van der Waals surface area contributed by atoms with Gasteiger partial charge in [-0.05, 0) is 12.1 Å². The highest BCUT2D eigenvalue weighted by atomic mass is 16.5. The summed E-state index contributed by atoms with van der Waals surface area (Å²) in [4.78, 5) is 28.3. The standard InChI is InChI=1S/C22H21N3O6/c26-19(23-16-7-8-17-18(13-16)29-12-4-11-28-17)14-30-21(27)10-9-20-24-22(25-31-20)15-5-2-1-3-6-15/h1-3,5-8,13H,4,9-12,14H2,(H,23,26). The van der Waals surface area contributed by atoms with Crippen molar-refractivity contribution in [2.24, 2.45) is 0 Å². The molecule has 0 saturated heterocycles. The van der Waals surface area contributed by atoms with Gasteiger partial charge >= 0.3 is 5.97 Å². The molecular weight excluding hydrogens is 402 g/mol. The summed E-state index contributed by atoms with van der Waals surface area (Å²) in [5.74, 6) is 1.01. The van der Waals surface area contributed by atoms with Crippen molar-refractivity contribution in [2.75, 3.05) is 25.1 Å². The van der Waals surface area contributed by atoms with Crippen molar-refractivity contribution < 1.29 is 28.3 Å². The van der Waals surface area contributed by atoms with Crippen molar-refractivity contribution in [3.63, 3.8) is 0 Å². The van der Waals surface area contributed by atoms with E-state index < -0.39 is 18.5 Å². The third kappa shape index (κ3) is 5.59. The van der Waals surface area contributed by atoms with E-state index in [9.17, 15) is 9.59 Å². The Hall–Kier alpha value is -3.88. The van der Waals surface area contributed by atoms with Crippen LogP contribution < -0.4 is 14.8 Å². The molecule has 2 aromatic carbocycles. The normalized spacial score (nSPS) is 12.6. The van der Waals surface area contributed by atoms with E-state index >= 15 is 0 Å². The highest BCUT2D eigenvalue weighted by Gasteiger charge is 2.14. The first-order chi connectivity index (χ1) is 15.2. The fraction of sp³-hybridized carbons (Fsp3) is 0.273. The molecule has 1 N–H and O–H groups in total. The lowest BCUT2D eigenvalue weighted by molar-refractivity contribution is -0.147. The van der Waals surface area contributed by atoms with Crippen molar-refractivity contribution in [1.29, 1.82) is 0 Å². The molecule has 4 rings (SSSR count). The number of aryl methyl sites for hydroxylation is 1. The van der Waals surface area contributed by atoms with Crippen molar-refractivity contribution in [3.8, 4) is 22.9 Å². The van der Waals surface area contributed by atoms with E-state index in [0.29, 0.717) is 42.1 Å². The SMILES string of the molecule is O=C(COC(=O)CCc1nc(-c2ccccc2)no1)Nc1ccc2c(c1)OCCCO2. The van der Waals surface area contributed by atoms with Gasteiger partial charge in [0.1, 0.15) is 0 Å². The Morgan fingerprint density at radius 2 is 1.84 bits per heavy atom. The van der Waals surface area contributed by atoms with Gasteiger partial charge in [-0.15, -0.1) is 0 Å². The number of anilines is 1. The summed E-state index contributed by atoms with van der Waals surface area (Å²) in [6.45, 7) is 0.743. The highest BCUT2D eigenvalue weighted by molar-refractivity contribution is 5.93. The van der Waals surface area contributed by atoms with Crippen LogP contribution in [-0.2, 0) is 20.7 Å². The summed E-state index contributed by atoms with van der Waals surface area (Å²) in [6.07, 6.45) is 1.04. The maximum absolute atomic E-state index is 12.1. The quantitative estimate of drug-likeness (QED) is 0.577. The number of hydrogen-bond donors (Lipinski definition) is 1. The van der Waals surface area contributed by atoms with Crippen molar-refractivity contribution >= 4 is 17.6 Å². The molecule has 0 atom stereocenters. The maximum atomic E-state index is 12.1. The zero-order chi connectivity index (χ0) is 21.5. The Kier molecular flexibility index (Phi) is 6.41. The molecule has 9 heteroatoms. The molecule has 1 amide bonds. The summed E-state index contributed by atoms with van der Waals surface area (Å²) in [5, 5.41) is 6.57. The van der Waals surface area contributed by atoms with Gasteiger partial charge in [0.05, 0.1) is 19.6 Å². The minimum atomic E-state index is -0.534. The van der Waals surface area contributed by atoms with E-state index in [1.54, 1.807) is 18.2 Å². The molecule has 2 heterocycles. The number of ether oxygens (including phenoxy) is 3. The number of carbonyl (C=O) groups is 2. The molecule has 0 spiro atoms. The second kappa shape index (κ2) is 9.75. The minimum absolute atomic E-state index is 0.0216. The van der Waals surface area contributed by atoms with Gasteiger partial charge in [-0.2, -0.15) is 4.98 Å². The Labute approximate surface area is 178 Å². The zero-order valence-electron chi connectivity index (χ0n) is 16.7. The van der Waals surface area contributed by atoms with Gasteiger partial charge < -0.3 is 24.1 Å². The van der Waals surface area contributed by atoms with E-state index in [1.165, 1.54) is 0 Å². The zero-order valence-corrected chi connectivity index (χ0v) is 16.7. The van der Waals surface area contributed by atoms with Crippen LogP contribution in [0.4, 0.5) is 5.69 Å². The molecule has 1 aliphatic rings. The van der Waals surface area contributed by atoms with Gasteiger partial charge in [-0.25, -0.2) is 0 Å². The Bertz CT molecular complexity index is 1050. The molecule has 0 bridgehead atoms. The monoisotopic (exact) mass is 423 g/mol. The van der Waals surface area contributed by atoms with E-state index in [0.717, 1.165) is 12.0 Å². The number of nitrogens with zero attached hydrogens (tertiary/aromatic N) is 2. The third-order valence-corrected chi connectivity index (χ3v) is 4.44. The summed E-state index contributed by atoms with van der Waals surface area (Å²) in [5.41, 5.74) is 1.36. The third-order valence-electron chi connectivity index (χ3n) is 4.44. The van der Waals surface area contributed by atoms with Crippen LogP contribution in [0.25, 0.3) is 11.4 Å². The number of nitrogens with one attached hydrogen (secondary N) is 1. The first kappa shape index (κ1) is 20.4. The molecule has 0 radical (unpaired) electrons. The van der Waals surface area contributed by atoms with E-state index in [2.05, 4.69) is 15.5 Å². The largest absolute Gasteiger partial charge is 0.490 e. The summed E-state index contributed by atoms with van der Waals surface area (Å²) in [6, 6.07) is 14.5. The van der Waals surface area contributed by atoms with E-state index in [1.807, 2.05) is 30.3 Å². The molecular formula is C22H21N3O6. The van der Waals surface area contributed by atoms with Crippen molar-refractivity contribution in [2.45, 2.75) is 19.3 Å². The molecule has 0 saturated carbocycles. The number of benzene rings is 2. The average Bonchev–Trinajstić information content (AvgIpc) is 3.15. The summed E-state index contributed by atoms with van der Waals surface area (Å²) >= 11 is 0. The van der Waals surface area contributed by atoms with Gasteiger partial charge in [-0.3, -0.25) is 9.59 Å². The van der Waals surface area contributed by atoms with Crippen LogP contribution in [-0.4, -0.2) is 41.8 Å². The van der Waals surface area contributed by atoms with Crippen LogP contribution in [0.5, 0.6) is 11.5 Å². The minimum Gasteiger partial charge on any atom is -0.490 e. The molecule has 160 valence electrons. The fourth-order valence-electron chi connectivity index (χ4n) is 2.93. The Morgan fingerprint density at radius 3 is 2.68 bits per heavy atom. The fourth-order valence-corrected chi connectivity index (χ4v) is 2.93. The van der Waals surface area contributed by atoms with Crippen LogP contribution in [0, 0.1) is 0 Å². The van der Waals surface area contributed by atoms with Crippen LogP contribution >= 0.6 is 0 Å².